The number of hydrogen-bond acceptors (Lipinski definition) is 4. The van der Waals surface area contributed by atoms with Crippen molar-refractivity contribution in [3.05, 3.63) is 46.7 Å². The maximum absolute atomic E-state index is 11.1. The molecule has 0 fully saturated rings. The first-order valence-corrected chi connectivity index (χ1v) is 5.76. The first-order valence-electron chi connectivity index (χ1n) is 5.39. The molecule has 0 radical (unpaired) electrons. The van der Waals surface area contributed by atoms with Gasteiger partial charge in [0.1, 0.15) is 10.9 Å². The number of carbonyl (C=O) groups is 1. The Morgan fingerprint density at radius 2 is 2.16 bits per heavy atom. The van der Waals surface area contributed by atoms with Crippen molar-refractivity contribution in [1.82, 2.24) is 4.98 Å². The number of carbonyl (C=O) groups excluding carboxylic acids is 1. The molecule has 1 heterocycles. The smallest absolute Gasteiger partial charge is 0.150 e. The highest BCUT2D eigenvalue weighted by Crippen LogP contribution is 2.33. The Hall–Kier alpha value is -2.38. The van der Waals surface area contributed by atoms with E-state index in [1.54, 1.807) is 24.3 Å². The number of pyridine rings is 1. The van der Waals surface area contributed by atoms with Crippen molar-refractivity contribution in [3.8, 4) is 22.9 Å². The van der Waals surface area contributed by atoms with E-state index in [2.05, 4.69) is 4.98 Å². The summed E-state index contributed by atoms with van der Waals surface area (Å²) >= 11 is 5.87. The van der Waals surface area contributed by atoms with Crippen LogP contribution in [-0.2, 0) is 0 Å². The van der Waals surface area contributed by atoms with Crippen LogP contribution in [0.5, 0.6) is 5.75 Å². The van der Waals surface area contributed by atoms with E-state index < -0.39 is 0 Å². The van der Waals surface area contributed by atoms with E-state index in [4.69, 9.17) is 21.6 Å². The third-order valence-corrected chi connectivity index (χ3v) is 2.86. The Morgan fingerprint density at radius 3 is 2.79 bits per heavy atom. The molecule has 0 saturated heterocycles. The highest BCUT2D eigenvalue weighted by molar-refractivity contribution is 6.29. The van der Waals surface area contributed by atoms with E-state index in [-0.39, 0.29) is 5.15 Å². The molecule has 2 aromatic rings. The molecule has 19 heavy (non-hydrogen) atoms. The minimum Gasteiger partial charge on any atom is -0.494 e. The third-order valence-electron chi connectivity index (χ3n) is 2.65. The highest BCUT2D eigenvalue weighted by atomic mass is 35.5. The van der Waals surface area contributed by atoms with Crippen molar-refractivity contribution in [2.24, 2.45) is 0 Å². The summed E-state index contributed by atoms with van der Waals surface area (Å²) in [6.45, 7) is 0. The van der Waals surface area contributed by atoms with Gasteiger partial charge in [-0.05, 0) is 29.8 Å². The van der Waals surface area contributed by atoms with Crippen LogP contribution in [0, 0.1) is 11.3 Å². The van der Waals surface area contributed by atoms with Gasteiger partial charge in [0.05, 0.1) is 24.9 Å². The van der Waals surface area contributed by atoms with Crippen LogP contribution in [0.2, 0.25) is 5.15 Å². The lowest BCUT2D eigenvalue weighted by atomic mass is 9.98. The molecule has 4 nitrogen and oxygen atoms in total. The van der Waals surface area contributed by atoms with Gasteiger partial charge in [0, 0.05) is 11.1 Å². The zero-order chi connectivity index (χ0) is 13.8. The molecule has 0 bridgehead atoms. The third kappa shape index (κ3) is 2.56. The number of halogens is 1. The molecule has 2 rings (SSSR count). The van der Waals surface area contributed by atoms with Gasteiger partial charge in [0.25, 0.3) is 0 Å². The molecule has 0 N–H and O–H groups in total. The van der Waals surface area contributed by atoms with Crippen LogP contribution in [0.1, 0.15) is 15.9 Å². The average molecular weight is 273 g/mol. The minimum atomic E-state index is 0.287. The second-order valence-corrected chi connectivity index (χ2v) is 4.13. The zero-order valence-electron chi connectivity index (χ0n) is 10.1. The fourth-order valence-electron chi connectivity index (χ4n) is 1.75. The van der Waals surface area contributed by atoms with Crippen molar-refractivity contribution in [2.45, 2.75) is 0 Å². The summed E-state index contributed by atoms with van der Waals surface area (Å²) in [6.07, 6.45) is 2.20. The van der Waals surface area contributed by atoms with E-state index >= 15 is 0 Å². The van der Waals surface area contributed by atoms with Crippen LogP contribution >= 0.6 is 11.6 Å². The van der Waals surface area contributed by atoms with Crippen molar-refractivity contribution >= 4 is 17.9 Å². The molecule has 0 aliphatic heterocycles. The number of aromatic nitrogens is 1. The summed E-state index contributed by atoms with van der Waals surface area (Å²) in [5.74, 6) is 0.489. The highest BCUT2D eigenvalue weighted by Gasteiger charge is 2.12. The van der Waals surface area contributed by atoms with Crippen molar-refractivity contribution in [2.75, 3.05) is 7.11 Å². The van der Waals surface area contributed by atoms with Crippen molar-refractivity contribution in [3.63, 3.8) is 0 Å². The van der Waals surface area contributed by atoms with E-state index in [0.29, 0.717) is 28.0 Å². The van der Waals surface area contributed by atoms with Crippen LogP contribution in [0.15, 0.2) is 30.5 Å². The molecule has 5 heteroatoms. The number of rotatable bonds is 3. The summed E-state index contributed by atoms with van der Waals surface area (Å²) in [6, 6.07) is 8.44. The summed E-state index contributed by atoms with van der Waals surface area (Å²) in [7, 11) is 1.50. The lowest BCUT2D eigenvalue weighted by molar-refractivity contribution is 0.112. The standard InChI is InChI=1S/C14H9ClN2O2/c1-19-13-7-17-14(15)5-12(13)11-4-9(6-16)2-3-10(11)8-18/h2-5,7-8H,1H3. The quantitative estimate of drug-likeness (QED) is 0.636. The predicted molar refractivity (Wildman–Crippen MR) is 71.3 cm³/mol. The molecule has 0 unspecified atom stereocenters. The molecule has 0 amide bonds. The molecule has 1 aromatic heterocycles. The van der Waals surface area contributed by atoms with Crippen LogP contribution < -0.4 is 4.74 Å². The van der Waals surface area contributed by atoms with Crippen molar-refractivity contribution < 1.29 is 9.53 Å². The Labute approximate surface area is 115 Å². The SMILES string of the molecule is COc1cnc(Cl)cc1-c1cc(C#N)ccc1C=O. The molecule has 1 aromatic carbocycles. The molecule has 94 valence electrons. The fourth-order valence-corrected chi connectivity index (χ4v) is 1.91. The number of nitrogens with zero attached hydrogens (tertiary/aromatic N) is 2. The fraction of sp³-hybridized carbons (Fsp3) is 0.0714. The largest absolute Gasteiger partial charge is 0.494 e. The molecule has 0 aliphatic carbocycles. The van der Waals surface area contributed by atoms with E-state index in [9.17, 15) is 4.79 Å². The monoisotopic (exact) mass is 272 g/mol. The van der Waals surface area contributed by atoms with Gasteiger partial charge in [-0.3, -0.25) is 4.79 Å². The minimum absolute atomic E-state index is 0.287. The van der Waals surface area contributed by atoms with Gasteiger partial charge in [-0.1, -0.05) is 11.6 Å². The first kappa shape index (κ1) is 13.1. The molecular weight excluding hydrogens is 264 g/mol. The zero-order valence-corrected chi connectivity index (χ0v) is 10.8. The molecular formula is C14H9ClN2O2. The first-order chi connectivity index (χ1) is 9.19. The summed E-state index contributed by atoms with van der Waals surface area (Å²) < 4.78 is 5.21. The van der Waals surface area contributed by atoms with Gasteiger partial charge < -0.3 is 4.74 Å². The Kier molecular flexibility index (Phi) is 3.79. The van der Waals surface area contributed by atoms with E-state index in [1.807, 2.05) is 6.07 Å². The summed E-state index contributed by atoms with van der Waals surface area (Å²) in [5.41, 5.74) is 2.13. The summed E-state index contributed by atoms with van der Waals surface area (Å²) in [5, 5.41) is 9.23. The van der Waals surface area contributed by atoms with Crippen LogP contribution in [0.4, 0.5) is 0 Å². The number of benzene rings is 1. The van der Waals surface area contributed by atoms with Crippen LogP contribution in [0.3, 0.4) is 0 Å². The number of nitriles is 1. The van der Waals surface area contributed by atoms with Gasteiger partial charge in [0.15, 0.2) is 6.29 Å². The van der Waals surface area contributed by atoms with Gasteiger partial charge >= 0.3 is 0 Å². The maximum Gasteiger partial charge on any atom is 0.150 e. The van der Waals surface area contributed by atoms with Gasteiger partial charge in [-0.25, -0.2) is 4.98 Å². The normalized spacial score (nSPS) is 9.74. The van der Waals surface area contributed by atoms with Gasteiger partial charge in [-0.15, -0.1) is 0 Å². The number of ether oxygens (including phenoxy) is 1. The lowest BCUT2D eigenvalue weighted by Crippen LogP contribution is -1.94. The Balaban J connectivity index is 2.73. The molecule has 0 atom stereocenters. The molecule has 0 aliphatic rings. The topological polar surface area (TPSA) is 63.0 Å². The second-order valence-electron chi connectivity index (χ2n) is 3.74. The maximum atomic E-state index is 11.1. The lowest BCUT2D eigenvalue weighted by Gasteiger charge is -2.10. The Morgan fingerprint density at radius 1 is 1.37 bits per heavy atom. The van der Waals surface area contributed by atoms with Crippen molar-refractivity contribution in [1.29, 1.82) is 5.26 Å². The van der Waals surface area contributed by atoms with E-state index in [0.717, 1.165) is 6.29 Å². The van der Waals surface area contributed by atoms with Crippen LogP contribution in [0.25, 0.3) is 11.1 Å². The number of methoxy groups -OCH3 is 1. The van der Waals surface area contributed by atoms with Gasteiger partial charge in [0.2, 0.25) is 0 Å². The molecule has 0 spiro atoms. The second kappa shape index (κ2) is 5.51. The molecule has 0 saturated carbocycles. The average Bonchev–Trinajstić information content (AvgIpc) is 2.46. The van der Waals surface area contributed by atoms with E-state index in [1.165, 1.54) is 13.3 Å². The number of aldehydes is 1. The van der Waals surface area contributed by atoms with Gasteiger partial charge in [-0.2, -0.15) is 5.26 Å². The Bertz CT molecular complexity index is 678. The summed E-state index contributed by atoms with van der Waals surface area (Å²) in [4.78, 5) is 15.0. The predicted octanol–water partition coefficient (Wildman–Crippen LogP) is 3.09. The van der Waals surface area contributed by atoms with Crippen LogP contribution in [-0.4, -0.2) is 18.4 Å². The number of hydrogen-bond donors (Lipinski definition) is 0.